The van der Waals surface area contributed by atoms with Crippen molar-refractivity contribution in [3.05, 3.63) is 125 Å². The van der Waals surface area contributed by atoms with E-state index in [4.69, 9.17) is 4.74 Å². The molecular weight excluding hydrogens is 356 g/mol. The van der Waals surface area contributed by atoms with Gasteiger partial charge in [0.25, 0.3) is 0 Å². The van der Waals surface area contributed by atoms with Gasteiger partial charge in [0, 0.05) is 17.0 Å². The number of benzene rings is 4. The van der Waals surface area contributed by atoms with Crippen molar-refractivity contribution in [2.24, 2.45) is 0 Å². The minimum atomic E-state index is 0.0325. The molecule has 140 valence electrons. The first kappa shape index (κ1) is 17.4. The van der Waals surface area contributed by atoms with E-state index in [2.05, 4.69) is 54.6 Å². The number of ketones is 1. The maximum absolute atomic E-state index is 13.4. The number of hydrogen-bond acceptors (Lipinski definition) is 2. The number of carbonyl (C=O) groups is 1. The Morgan fingerprint density at radius 2 is 1.17 bits per heavy atom. The van der Waals surface area contributed by atoms with Crippen molar-refractivity contribution in [2.45, 2.75) is 5.92 Å². The average Bonchev–Trinajstić information content (AvgIpc) is 3.13. The van der Waals surface area contributed by atoms with Gasteiger partial charge in [0.1, 0.15) is 5.75 Å². The van der Waals surface area contributed by atoms with Gasteiger partial charge in [0.15, 0.2) is 5.78 Å². The second-order valence-corrected chi connectivity index (χ2v) is 7.25. The Kier molecular flexibility index (Phi) is 4.25. The van der Waals surface area contributed by atoms with Gasteiger partial charge < -0.3 is 4.74 Å². The molecular formula is C27H20O2. The first-order valence-corrected chi connectivity index (χ1v) is 9.74. The van der Waals surface area contributed by atoms with Crippen LogP contribution in [0.25, 0.3) is 11.1 Å². The Bertz CT molecular complexity index is 1160. The highest BCUT2D eigenvalue weighted by atomic mass is 16.5. The van der Waals surface area contributed by atoms with Crippen LogP contribution >= 0.6 is 0 Å². The molecule has 29 heavy (non-hydrogen) atoms. The van der Waals surface area contributed by atoms with E-state index < -0.39 is 0 Å². The van der Waals surface area contributed by atoms with E-state index in [1.54, 1.807) is 7.11 Å². The van der Waals surface area contributed by atoms with Gasteiger partial charge >= 0.3 is 0 Å². The first-order valence-electron chi connectivity index (χ1n) is 9.74. The number of carbonyl (C=O) groups excluding carboxylic acids is 1. The third-order valence-corrected chi connectivity index (χ3v) is 5.70. The SMILES string of the molecule is COc1ccc(C(=O)c2ccccc2C2c3ccccc3-c3ccccc32)cc1. The maximum Gasteiger partial charge on any atom is 0.193 e. The summed E-state index contributed by atoms with van der Waals surface area (Å²) >= 11 is 0. The summed E-state index contributed by atoms with van der Waals surface area (Å²) in [6, 6.07) is 32.3. The summed E-state index contributed by atoms with van der Waals surface area (Å²) in [5.41, 5.74) is 7.46. The molecule has 4 aromatic rings. The molecule has 0 amide bonds. The normalized spacial score (nSPS) is 12.3. The van der Waals surface area contributed by atoms with E-state index >= 15 is 0 Å². The Hall–Kier alpha value is -3.65. The van der Waals surface area contributed by atoms with E-state index in [-0.39, 0.29) is 11.7 Å². The summed E-state index contributed by atoms with van der Waals surface area (Å²) < 4.78 is 5.23. The summed E-state index contributed by atoms with van der Waals surface area (Å²) in [4.78, 5) is 13.4. The monoisotopic (exact) mass is 376 g/mol. The van der Waals surface area contributed by atoms with Gasteiger partial charge in [-0.3, -0.25) is 4.79 Å². The van der Waals surface area contributed by atoms with Crippen LogP contribution in [-0.2, 0) is 0 Å². The molecule has 0 aromatic heterocycles. The van der Waals surface area contributed by atoms with Gasteiger partial charge in [-0.05, 0) is 52.1 Å². The molecule has 0 radical (unpaired) electrons. The molecule has 1 aliphatic rings. The van der Waals surface area contributed by atoms with Crippen LogP contribution in [0, 0.1) is 0 Å². The zero-order valence-electron chi connectivity index (χ0n) is 16.1. The largest absolute Gasteiger partial charge is 0.497 e. The zero-order valence-corrected chi connectivity index (χ0v) is 16.1. The van der Waals surface area contributed by atoms with Gasteiger partial charge in [0.2, 0.25) is 0 Å². The summed E-state index contributed by atoms with van der Waals surface area (Å²) in [5, 5.41) is 0. The first-order chi connectivity index (χ1) is 14.3. The molecule has 2 heteroatoms. The Balaban J connectivity index is 1.66. The molecule has 0 heterocycles. The number of ether oxygens (including phenoxy) is 1. The predicted molar refractivity (Wildman–Crippen MR) is 116 cm³/mol. The highest BCUT2D eigenvalue weighted by Gasteiger charge is 2.31. The summed E-state index contributed by atoms with van der Waals surface area (Å²) in [6.45, 7) is 0. The number of fused-ring (bicyclic) bond motifs is 3. The molecule has 1 aliphatic carbocycles. The molecule has 0 atom stereocenters. The predicted octanol–water partition coefficient (Wildman–Crippen LogP) is 6.09. The van der Waals surface area contributed by atoms with E-state index in [1.165, 1.54) is 22.3 Å². The van der Waals surface area contributed by atoms with Gasteiger partial charge in [-0.15, -0.1) is 0 Å². The van der Waals surface area contributed by atoms with Crippen molar-refractivity contribution in [3.63, 3.8) is 0 Å². The Morgan fingerprint density at radius 1 is 0.655 bits per heavy atom. The van der Waals surface area contributed by atoms with Crippen LogP contribution in [0.15, 0.2) is 97.1 Å². The van der Waals surface area contributed by atoms with Crippen molar-refractivity contribution in [1.82, 2.24) is 0 Å². The third kappa shape index (κ3) is 2.85. The number of hydrogen-bond donors (Lipinski definition) is 0. The van der Waals surface area contributed by atoms with Crippen LogP contribution in [-0.4, -0.2) is 12.9 Å². The van der Waals surface area contributed by atoms with Crippen LogP contribution in [0.1, 0.15) is 38.5 Å². The van der Waals surface area contributed by atoms with Crippen LogP contribution < -0.4 is 4.74 Å². The van der Waals surface area contributed by atoms with Gasteiger partial charge in [0.05, 0.1) is 7.11 Å². The summed E-state index contributed by atoms with van der Waals surface area (Å²) in [6.07, 6.45) is 0. The molecule has 0 spiro atoms. The third-order valence-electron chi connectivity index (χ3n) is 5.70. The zero-order chi connectivity index (χ0) is 19.8. The molecule has 0 N–H and O–H groups in total. The Morgan fingerprint density at radius 3 is 1.76 bits per heavy atom. The molecule has 0 fully saturated rings. The van der Waals surface area contributed by atoms with Crippen LogP contribution in [0.3, 0.4) is 0 Å². The highest BCUT2D eigenvalue weighted by molar-refractivity contribution is 6.10. The molecule has 0 aliphatic heterocycles. The van der Waals surface area contributed by atoms with Crippen molar-refractivity contribution < 1.29 is 9.53 Å². The fourth-order valence-corrected chi connectivity index (χ4v) is 4.34. The number of rotatable bonds is 4. The molecule has 5 rings (SSSR count). The van der Waals surface area contributed by atoms with Crippen LogP contribution in [0.5, 0.6) is 5.75 Å². The van der Waals surface area contributed by atoms with E-state index in [0.717, 1.165) is 16.9 Å². The van der Waals surface area contributed by atoms with E-state index in [1.807, 2.05) is 42.5 Å². The summed E-state index contributed by atoms with van der Waals surface area (Å²) in [7, 11) is 1.63. The minimum absolute atomic E-state index is 0.0325. The lowest BCUT2D eigenvalue weighted by molar-refractivity contribution is 0.103. The second-order valence-electron chi connectivity index (χ2n) is 7.25. The van der Waals surface area contributed by atoms with Crippen molar-refractivity contribution >= 4 is 5.78 Å². The fourth-order valence-electron chi connectivity index (χ4n) is 4.34. The van der Waals surface area contributed by atoms with E-state index in [0.29, 0.717) is 5.56 Å². The molecule has 4 aromatic carbocycles. The molecule has 0 saturated carbocycles. The van der Waals surface area contributed by atoms with E-state index in [9.17, 15) is 4.79 Å². The molecule has 0 saturated heterocycles. The quantitative estimate of drug-likeness (QED) is 0.355. The average molecular weight is 376 g/mol. The fraction of sp³-hybridized carbons (Fsp3) is 0.0741. The Labute approximate surface area is 170 Å². The van der Waals surface area contributed by atoms with Crippen LogP contribution in [0.4, 0.5) is 0 Å². The lowest BCUT2D eigenvalue weighted by Crippen LogP contribution is -2.09. The molecule has 2 nitrogen and oxygen atoms in total. The maximum atomic E-state index is 13.4. The highest BCUT2D eigenvalue weighted by Crippen LogP contribution is 2.48. The number of methoxy groups -OCH3 is 1. The van der Waals surface area contributed by atoms with Crippen LogP contribution in [0.2, 0.25) is 0 Å². The van der Waals surface area contributed by atoms with Crippen molar-refractivity contribution in [2.75, 3.05) is 7.11 Å². The molecule has 0 unspecified atom stereocenters. The smallest absolute Gasteiger partial charge is 0.193 e. The molecule has 0 bridgehead atoms. The van der Waals surface area contributed by atoms with Gasteiger partial charge in [-0.25, -0.2) is 0 Å². The van der Waals surface area contributed by atoms with Crippen molar-refractivity contribution in [1.29, 1.82) is 0 Å². The standard InChI is InChI=1S/C27H20O2/c1-29-19-16-14-18(15-17-19)27(28)25-13-7-6-12-24(25)26-22-10-4-2-8-20(22)21-9-3-5-11-23(21)26/h2-17,26H,1H3. The minimum Gasteiger partial charge on any atom is -0.497 e. The summed E-state index contributed by atoms with van der Waals surface area (Å²) in [5.74, 6) is 0.833. The second kappa shape index (κ2) is 7.06. The van der Waals surface area contributed by atoms with Crippen molar-refractivity contribution in [3.8, 4) is 16.9 Å². The lowest BCUT2D eigenvalue weighted by Gasteiger charge is -2.18. The van der Waals surface area contributed by atoms with Gasteiger partial charge in [-0.1, -0.05) is 72.8 Å². The van der Waals surface area contributed by atoms with Gasteiger partial charge in [-0.2, -0.15) is 0 Å². The topological polar surface area (TPSA) is 26.3 Å². The lowest BCUT2D eigenvalue weighted by atomic mass is 9.84.